The number of carbonyl (C=O) groups excluding carboxylic acids is 1. The number of piperidine rings is 1. The van der Waals surface area contributed by atoms with Crippen LogP contribution in [0.2, 0.25) is 0 Å². The number of aliphatic imine (C=N–C) groups is 1. The molecule has 182 valence electrons. The molecule has 2 N–H and O–H groups in total. The van der Waals surface area contributed by atoms with Gasteiger partial charge in [-0.15, -0.1) is 24.0 Å². The number of pyridine rings is 1. The quantitative estimate of drug-likeness (QED) is 0.303. The van der Waals surface area contributed by atoms with Gasteiger partial charge in [0, 0.05) is 59.1 Å². The molecule has 2 rings (SSSR count). The average Bonchev–Trinajstić information content (AvgIpc) is 2.71. The van der Waals surface area contributed by atoms with E-state index >= 15 is 0 Å². The molecule has 1 unspecified atom stereocenters. The van der Waals surface area contributed by atoms with Crippen LogP contribution in [-0.2, 0) is 11.3 Å². The van der Waals surface area contributed by atoms with Gasteiger partial charge in [-0.3, -0.25) is 14.9 Å². The summed E-state index contributed by atoms with van der Waals surface area (Å²) >= 11 is 0. The minimum Gasteiger partial charge on any atom is -0.444 e. The van der Waals surface area contributed by atoms with E-state index in [-0.39, 0.29) is 36.0 Å². The molecule has 0 radical (unpaired) electrons. The maximum Gasteiger partial charge on any atom is 0.410 e. The summed E-state index contributed by atoms with van der Waals surface area (Å²) in [5.74, 6) is 1.08. The smallest absolute Gasteiger partial charge is 0.410 e. The van der Waals surface area contributed by atoms with Gasteiger partial charge in [-0.2, -0.15) is 0 Å². The second-order valence-corrected chi connectivity index (χ2v) is 9.43. The third-order valence-corrected chi connectivity index (χ3v) is 5.17. The van der Waals surface area contributed by atoms with Crippen LogP contribution < -0.4 is 10.6 Å². The van der Waals surface area contributed by atoms with Crippen molar-refractivity contribution in [3.8, 4) is 0 Å². The molecule has 9 heteroatoms. The maximum absolute atomic E-state index is 12.1. The minimum atomic E-state index is -0.480. The Morgan fingerprint density at radius 1 is 1.34 bits per heavy atom. The monoisotopic (exact) mass is 560 g/mol. The predicted octanol–water partition coefficient (Wildman–Crippen LogP) is 3.33. The number of guanidine groups is 1. The summed E-state index contributed by atoms with van der Waals surface area (Å²) in [4.78, 5) is 25.0. The number of halogens is 1. The summed E-state index contributed by atoms with van der Waals surface area (Å²) in [6, 6.07) is 6.48. The van der Waals surface area contributed by atoms with Crippen LogP contribution in [0, 0.1) is 5.92 Å². The number of likely N-dealkylation sites (tertiary alicyclic amines) is 1. The fourth-order valence-electron chi connectivity index (χ4n) is 3.56. The summed E-state index contributed by atoms with van der Waals surface area (Å²) in [6.07, 6.45) is 3.71. The molecule has 1 fully saturated rings. The van der Waals surface area contributed by atoms with Gasteiger partial charge in [-0.05, 0) is 51.7 Å². The molecule has 0 saturated carbocycles. The molecular formula is C23H41IN6O2. The largest absolute Gasteiger partial charge is 0.444 e. The lowest BCUT2D eigenvalue weighted by atomic mass is 10.0. The highest BCUT2D eigenvalue weighted by molar-refractivity contribution is 14.0. The van der Waals surface area contributed by atoms with Crippen molar-refractivity contribution in [1.29, 1.82) is 0 Å². The van der Waals surface area contributed by atoms with Gasteiger partial charge in [-0.1, -0.05) is 13.0 Å². The highest BCUT2D eigenvalue weighted by Gasteiger charge is 2.22. The van der Waals surface area contributed by atoms with Gasteiger partial charge in [0.05, 0.1) is 5.69 Å². The Kier molecular flexibility index (Phi) is 12.3. The predicted molar refractivity (Wildman–Crippen MR) is 140 cm³/mol. The summed E-state index contributed by atoms with van der Waals surface area (Å²) in [7, 11) is 3.57. The molecule has 1 amide bonds. The van der Waals surface area contributed by atoms with E-state index in [0.29, 0.717) is 12.6 Å². The number of nitrogens with one attached hydrogen (secondary N) is 2. The van der Waals surface area contributed by atoms with Crippen LogP contribution in [0.3, 0.4) is 0 Å². The van der Waals surface area contributed by atoms with E-state index in [1.165, 1.54) is 0 Å². The molecule has 32 heavy (non-hydrogen) atoms. The highest BCUT2D eigenvalue weighted by Crippen LogP contribution is 2.13. The van der Waals surface area contributed by atoms with Crippen molar-refractivity contribution in [3.05, 3.63) is 30.1 Å². The first-order valence-corrected chi connectivity index (χ1v) is 11.2. The van der Waals surface area contributed by atoms with Crippen LogP contribution in [-0.4, -0.2) is 78.8 Å². The normalized spacial score (nSPS) is 16.6. The fourth-order valence-corrected chi connectivity index (χ4v) is 3.56. The Morgan fingerprint density at radius 3 is 2.59 bits per heavy atom. The maximum atomic E-state index is 12.1. The van der Waals surface area contributed by atoms with Crippen molar-refractivity contribution < 1.29 is 9.53 Å². The molecule has 1 atom stereocenters. The Morgan fingerprint density at radius 2 is 2.03 bits per heavy atom. The van der Waals surface area contributed by atoms with Gasteiger partial charge >= 0.3 is 6.09 Å². The number of ether oxygens (including phenoxy) is 1. The lowest BCUT2D eigenvalue weighted by molar-refractivity contribution is 0.0278. The molecule has 1 saturated heterocycles. The minimum absolute atomic E-state index is 0. The van der Waals surface area contributed by atoms with Crippen molar-refractivity contribution in [3.63, 3.8) is 0 Å². The van der Waals surface area contributed by atoms with E-state index in [1.54, 1.807) is 19.0 Å². The van der Waals surface area contributed by atoms with Crippen molar-refractivity contribution in [1.82, 2.24) is 25.4 Å². The Bertz CT molecular complexity index is 702. The van der Waals surface area contributed by atoms with Gasteiger partial charge in [0.2, 0.25) is 0 Å². The van der Waals surface area contributed by atoms with E-state index in [4.69, 9.17) is 4.74 Å². The zero-order chi connectivity index (χ0) is 22.9. The Hall–Kier alpha value is -1.62. The zero-order valence-corrected chi connectivity index (χ0v) is 22.8. The van der Waals surface area contributed by atoms with Crippen LogP contribution in [0.15, 0.2) is 29.4 Å². The van der Waals surface area contributed by atoms with Crippen LogP contribution in [0.4, 0.5) is 4.79 Å². The second kappa shape index (κ2) is 13.8. The topological polar surface area (TPSA) is 82.1 Å². The summed E-state index contributed by atoms with van der Waals surface area (Å²) in [6.45, 7) is 12.1. The number of hydrogen-bond donors (Lipinski definition) is 2. The molecule has 2 heterocycles. The molecule has 1 aliphatic rings. The first-order valence-electron chi connectivity index (χ1n) is 11.2. The number of amides is 1. The number of aromatic nitrogens is 1. The molecule has 1 aliphatic heterocycles. The van der Waals surface area contributed by atoms with Crippen molar-refractivity contribution in [2.75, 3.05) is 40.3 Å². The van der Waals surface area contributed by atoms with Gasteiger partial charge in [0.1, 0.15) is 5.60 Å². The molecule has 0 aliphatic carbocycles. The molecule has 0 spiro atoms. The van der Waals surface area contributed by atoms with Gasteiger partial charge in [0.15, 0.2) is 5.96 Å². The number of hydrogen-bond acceptors (Lipinski definition) is 5. The zero-order valence-electron chi connectivity index (χ0n) is 20.4. The Balaban J connectivity index is 0.00000512. The Labute approximate surface area is 210 Å². The van der Waals surface area contributed by atoms with Crippen molar-refractivity contribution in [2.24, 2.45) is 10.9 Å². The first-order chi connectivity index (χ1) is 14.7. The summed E-state index contributed by atoms with van der Waals surface area (Å²) in [5, 5.41) is 6.94. The summed E-state index contributed by atoms with van der Waals surface area (Å²) < 4.78 is 5.42. The molecule has 1 aromatic heterocycles. The van der Waals surface area contributed by atoms with Crippen LogP contribution in [0.5, 0.6) is 0 Å². The van der Waals surface area contributed by atoms with E-state index in [9.17, 15) is 4.79 Å². The standard InChI is InChI=1S/C23H40N6O2.HI/c1-18(16-28(6)22(30)31-23(2,3)4)15-26-21(24-5)27-19-10-13-29(14-11-19)17-20-9-7-8-12-25-20;/h7-9,12,18-19H,10-11,13-17H2,1-6H3,(H2,24,26,27);1H. The lowest BCUT2D eigenvalue weighted by Gasteiger charge is -2.33. The van der Waals surface area contributed by atoms with E-state index < -0.39 is 5.60 Å². The number of nitrogens with zero attached hydrogens (tertiary/aromatic N) is 4. The van der Waals surface area contributed by atoms with Crippen LogP contribution in [0.25, 0.3) is 0 Å². The fraction of sp³-hybridized carbons (Fsp3) is 0.696. The highest BCUT2D eigenvalue weighted by atomic mass is 127. The van der Waals surface area contributed by atoms with Crippen LogP contribution >= 0.6 is 24.0 Å². The lowest BCUT2D eigenvalue weighted by Crippen LogP contribution is -2.49. The van der Waals surface area contributed by atoms with E-state index in [1.807, 2.05) is 39.1 Å². The van der Waals surface area contributed by atoms with Gasteiger partial charge in [-0.25, -0.2) is 4.79 Å². The molecule has 0 bridgehead atoms. The van der Waals surface area contributed by atoms with Crippen molar-refractivity contribution >= 4 is 36.0 Å². The van der Waals surface area contributed by atoms with E-state index in [0.717, 1.165) is 50.7 Å². The van der Waals surface area contributed by atoms with Gasteiger partial charge in [0.25, 0.3) is 0 Å². The van der Waals surface area contributed by atoms with E-state index in [2.05, 4.69) is 38.5 Å². The second-order valence-electron chi connectivity index (χ2n) is 9.43. The van der Waals surface area contributed by atoms with Gasteiger partial charge < -0.3 is 20.3 Å². The molecule has 0 aromatic carbocycles. The molecular weight excluding hydrogens is 519 g/mol. The number of carbonyl (C=O) groups is 1. The molecule has 1 aromatic rings. The van der Waals surface area contributed by atoms with Crippen molar-refractivity contribution in [2.45, 2.75) is 58.7 Å². The third-order valence-electron chi connectivity index (χ3n) is 5.17. The number of rotatable bonds is 7. The first kappa shape index (κ1) is 28.4. The SMILES string of the molecule is CN=C(NCC(C)CN(C)C(=O)OC(C)(C)C)NC1CCN(Cc2ccccn2)CC1.I. The third kappa shape index (κ3) is 10.8. The molecule has 8 nitrogen and oxygen atoms in total. The average molecular weight is 561 g/mol. The summed E-state index contributed by atoms with van der Waals surface area (Å²) in [5.41, 5.74) is 0.642. The van der Waals surface area contributed by atoms with Crippen LogP contribution in [0.1, 0.15) is 46.2 Å².